The first-order valence-electron chi connectivity index (χ1n) is 6.11. The van der Waals surface area contributed by atoms with Crippen molar-refractivity contribution in [3.05, 3.63) is 59.7 Å². The van der Waals surface area contributed by atoms with Gasteiger partial charge in [-0.05, 0) is 36.4 Å². The molecule has 0 aromatic heterocycles. The van der Waals surface area contributed by atoms with Gasteiger partial charge in [0.05, 0.1) is 5.75 Å². The fraction of sp³-hybridized carbons (Fsp3) is 0.133. The lowest BCUT2D eigenvalue weighted by Crippen LogP contribution is -2.04. The van der Waals surface area contributed by atoms with Gasteiger partial charge in [-0.25, -0.2) is 8.78 Å². The van der Waals surface area contributed by atoms with E-state index in [1.54, 1.807) is 0 Å². The largest absolute Gasteiger partial charge is 0.435 e. The number of alkyl halides is 2. The van der Waals surface area contributed by atoms with E-state index in [0.717, 1.165) is 23.9 Å². The molecule has 0 amide bonds. The first-order valence-corrected chi connectivity index (χ1v) is 7.10. The molecule has 7 heteroatoms. The minimum atomic E-state index is -2.93. The van der Waals surface area contributed by atoms with Crippen LogP contribution in [0.5, 0.6) is 5.75 Å². The number of halogens is 4. The van der Waals surface area contributed by atoms with Crippen LogP contribution in [0.4, 0.5) is 17.6 Å². The molecule has 0 N–H and O–H groups in total. The molecule has 0 heterocycles. The van der Waals surface area contributed by atoms with Crippen LogP contribution in [0.25, 0.3) is 0 Å². The number of hydrogen-bond donors (Lipinski definition) is 0. The summed E-state index contributed by atoms with van der Waals surface area (Å²) < 4.78 is 54.3. The summed E-state index contributed by atoms with van der Waals surface area (Å²) in [6, 6.07) is 8.30. The summed E-state index contributed by atoms with van der Waals surface area (Å²) in [7, 11) is 0. The zero-order valence-corrected chi connectivity index (χ0v) is 11.9. The van der Waals surface area contributed by atoms with E-state index in [2.05, 4.69) is 4.74 Å². The van der Waals surface area contributed by atoms with Crippen molar-refractivity contribution in [3.8, 4) is 5.75 Å². The lowest BCUT2D eigenvalue weighted by molar-refractivity contribution is -0.0498. The number of carbonyl (C=O) groups excluding carboxylic acids is 1. The van der Waals surface area contributed by atoms with E-state index in [9.17, 15) is 22.4 Å². The number of carbonyl (C=O) groups is 1. The molecule has 0 aliphatic heterocycles. The highest BCUT2D eigenvalue weighted by Crippen LogP contribution is 2.24. The SMILES string of the molecule is O=C(CSc1ccc(F)cc1F)c1ccc(OC(F)F)cc1. The molecule has 2 aromatic rings. The highest BCUT2D eigenvalue weighted by atomic mass is 32.2. The summed E-state index contributed by atoms with van der Waals surface area (Å²) in [6.07, 6.45) is 0. The van der Waals surface area contributed by atoms with E-state index in [1.807, 2.05) is 0 Å². The summed E-state index contributed by atoms with van der Waals surface area (Å²) in [4.78, 5) is 12.1. The molecular formula is C15H10F4O2S. The second kappa shape index (κ2) is 7.31. The average Bonchev–Trinajstić information content (AvgIpc) is 2.46. The van der Waals surface area contributed by atoms with Crippen molar-refractivity contribution in [3.63, 3.8) is 0 Å². The van der Waals surface area contributed by atoms with E-state index in [4.69, 9.17) is 0 Å². The maximum Gasteiger partial charge on any atom is 0.387 e. The fourth-order valence-electron chi connectivity index (χ4n) is 1.64. The van der Waals surface area contributed by atoms with E-state index < -0.39 is 18.2 Å². The molecule has 0 bridgehead atoms. The Balaban J connectivity index is 1.97. The quantitative estimate of drug-likeness (QED) is 0.442. The molecule has 0 aliphatic carbocycles. The van der Waals surface area contributed by atoms with Gasteiger partial charge < -0.3 is 4.74 Å². The molecule has 0 saturated heterocycles. The topological polar surface area (TPSA) is 26.3 Å². The lowest BCUT2D eigenvalue weighted by Gasteiger charge is -2.06. The predicted octanol–water partition coefficient (Wildman–Crippen LogP) is 4.54. The highest BCUT2D eigenvalue weighted by Gasteiger charge is 2.11. The zero-order valence-electron chi connectivity index (χ0n) is 11.1. The van der Waals surface area contributed by atoms with Gasteiger partial charge in [0.1, 0.15) is 17.4 Å². The Bertz CT molecular complexity index is 659. The molecule has 0 spiro atoms. The van der Waals surface area contributed by atoms with E-state index >= 15 is 0 Å². The summed E-state index contributed by atoms with van der Waals surface area (Å²) in [5.41, 5.74) is 0.289. The molecule has 0 aliphatic rings. The number of Topliss-reactive ketones (excluding diaryl/α,β-unsaturated/α-hetero) is 1. The fourth-order valence-corrected chi connectivity index (χ4v) is 2.46. The van der Waals surface area contributed by atoms with Gasteiger partial charge in [0.2, 0.25) is 0 Å². The number of ether oxygens (including phenoxy) is 1. The molecule has 0 saturated carbocycles. The normalized spacial score (nSPS) is 10.8. The van der Waals surface area contributed by atoms with Crippen molar-refractivity contribution in [1.29, 1.82) is 0 Å². The van der Waals surface area contributed by atoms with Crippen LogP contribution in [0.3, 0.4) is 0 Å². The van der Waals surface area contributed by atoms with Crippen LogP contribution in [-0.4, -0.2) is 18.1 Å². The van der Waals surface area contributed by atoms with E-state index in [0.29, 0.717) is 0 Å². The van der Waals surface area contributed by atoms with Gasteiger partial charge in [-0.2, -0.15) is 8.78 Å². The first-order chi connectivity index (χ1) is 10.5. The van der Waals surface area contributed by atoms with Gasteiger partial charge in [-0.3, -0.25) is 4.79 Å². The molecule has 0 fully saturated rings. The van der Waals surface area contributed by atoms with Crippen molar-refractivity contribution in [2.24, 2.45) is 0 Å². The van der Waals surface area contributed by atoms with Crippen LogP contribution in [0.2, 0.25) is 0 Å². The van der Waals surface area contributed by atoms with Gasteiger partial charge in [0, 0.05) is 16.5 Å². The second-order valence-electron chi connectivity index (χ2n) is 4.19. The van der Waals surface area contributed by atoms with Crippen LogP contribution >= 0.6 is 11.8 Å². The second-order valence-corrected chi connectivity index (χ2v) is 5.21. The molecule has 2 nitrogen and oxygen atoms in total. The van der Waals surface area contributed by atoms with E-state index in [-0.39, 0.29) is 27.7 Å². The Morgan fingerprint density at radius 3 is 2.36 bits per heavy atom. The maximum atomic E-state index is 13.4. The zero-order chi connectivity index (χ0) is 16.1. The van der Waals surface area contributed by atoms with Crippen molar-refractivity contribution in [2.75, 3.05) is 5.75 Å². The maximum absolute atomic E-state index is 13.4. The molecule has 2 aromatic carbocycles. The minimum absolute atomic E-state index is 0.0521. The van der Waals surface area contributed by atoms with Crippen molar-refractivity contribution < 1.29 is 27.1 Å². The van der Waals surface area contributed by atoms with Gasteiger partial charge in [0.15, 0.2) is 5.78 Å². The average molecular weight is 330 g/mol. The van der Waals surface area contributed by atoms with Crippen molar-refractivity contribution in [2.45, 2.75) is 11.5 Å². The van der Waals surface area contributed by atoms with Gasteiger partial charge >= 0.3 is 6.61 Å². The standard InChI is InChI=1S/C15H10F4O2S/c16-10-3-6-14(12(17)7-10)22-8-13(20)9-1-4-11(5-2-9)21-15(18)19/h1-7,15H,8H2. The Kier molecular flexibility index (Phi) is 5.43. The molecule has 0 unspecified atom stereocenters. The third-order valence-corrected chi connectivity index (χ3v) is 3.70. The van der Waals surface area contributed by atoms with Crippen LogP contribution in [0.1, 0.15) is 10.4 Å². The first kappa shape index (κ1) is 16.4. The van der Waals surface area contributed by atoms with Gasteiger partial charge in [-0.15, -0.1) is 11.8 Å². The van der Waals surface area contributed by atoms with Crippen molar-refractivity contribution in [1.82, 2.24) is 0 Å². The Morgan fingerprint density at radius 2 is 1.77 bits per heavy atom. The van der Waals surface area contributed by atoms with Crippen LogP contribution < -0.4 is 4.74 Å². The summed E-state index contributed by atoms with van der Waals surface area (Å²) >= 11 is 0.931. The number of thioether (sulfide) groups is 1. The molecule has 0 atom stereocenters. The van der Waals surface area contributed by atoms with Gasteiger partial charge in [0.25, 0.3) is 0 Å². The molecule has 22 heavy (non-hydrogen) atoms. The van der Waals surface area contributed by atoms with Crippen LogP contribution in [0, 0.1) is 11.6 Å². The summed E-state index contributed by atoms with van der Waals surface area (Å²) in [5.74, 6) is -1.85. The summed E-state index contributed by atoms with van der Waals surface area (Å²) in [5, 5.41) is 0. The van der Waals surface area contributed by atoms with Crippen molar-refractivity contribution >= 4 is 17.5 Å². The molecule has 2 rings (SSSR count). The molecule has 0 radical (unpaired) electrons. The molecular weight excluding hydrogens is 320 g/mol. The van der Waals surface area contributed by atoms with Crippen LogP contribution in [0.15, 0.2) is 47.4 Å². The third-order valence-electron chi connectivity index (χ3n) is 2.65. The summed E-state index contributed by atoms with van der Waals surface area (Å²) in [6.45, 7) is -2.93. The third kappa shape index (κ3) is 4.49. The number of hydrogen-bond acceptors (Lipinski definition) is 3. The predicted molar refractivity (Wildman–Crippen MR) is 74.5 cm³/mol. The number of benzene rings is 2. The van der Waals surface area contributed by atoms with Gasteiger partial charge in [-0.1, -0.05) is 0 Å². The Labute approximate surface area is 128 Å². The Morgan fingerprint density at radius 1 is 1.09 bits per heavy atom. The minimum Gasteiger partial charge on any atom is -0.435 e. The monoisotopic (exact) mass is 330 g/mol. The Hall–Kier alpha value is -2.02. The van der Waals surface area contributed by atoms with Crippen LogP contribution in [-0.2, 0) is 0 Å². The number of ketones is 1. The van der Waals surface area contributed by atoms with E-state index in [1.165, 1.54) is 30.3 Å². The lowest BCUT2D eigenvalue weighted by atomic mass is 10.1. The molecule has 116 valence electrons. The smallest absolute Gasteiger partial charge is 0.387 e. The highest BCUT2D eigenvalue weighted by molar-refractivity contribution is 8.00. The number of rotatable bonds is 6.